The van der Waals surface area contributed by atoms with Gasteiger partial charge >= 0.3 is 0 Å². The van der Waals surface area contributed by atoms with E-state index in [1.165, 1.54) is 12.8 Å². The van der Waals surface area contributed by atoms with Crippen LogP contribution < -0.4 is 5.32 Å². The summed E-state index contributed by atoms with van der Waals surface area (Å²) in [6.45, 7) is 2.52. The molecule has 20 heavy (non-hydrogen) atoms. The molecule has 4 heteroatoms. The third-order valence-electron chi connectivity index (χ3n) is 5.33. The van der Waals surface area contributed by atoms with Crippen molar-refractivity contribution in [2.75, 3.05) is 19.6 Å². The average molecular weight is 278 g/mol. The van der Waals surface area contributed by atoms with E-state index in [0.717, 1.165) is 58.2 Å². The smallest absolute Gasteiger partial charge is 0.225 e. The molecule has 2 amide bonds. The van der Waals surface area contributed by atoms with Crippen LogP contribution in [0.15, 0.2) is 0 Å². The quantitative estimate of drug-likeness (QED) is 0.854. The molecule has 2 saturated carbocycles. The van der Waals surface area contributed by atoms with Gasteiger partial charge < -0.3 is 10.2 Å². The largest absolute Gasteiger partial charge is 0.356 e. The van der Waals surface area contributed by atoms with E-state index >= 15 is 0 Å². The zero-order valence-corrected chi connectivity index (χ0v) is 12.3. The van der Waals surface area contributed by atoms with Gasteiger partial charge in [0.15, 0.2) is 0 Å². The number of likely N-dealkylation sites (tertiary alicyclic amines) is 1. The van der Waals surface area contributed by atoms with Gasteiger partial charge in [-0.1, -0.05) is 12.8 Å². The summed E-state index contributed by atoms with van der Waals surface area (Å²) in [6, 6.07) is 0. The van der Waals surface area contributed by atoms with Gasteiger partial charge in [0.1, 0.15) is 0 Å². The Bertz CT molecular complexity index is 375. The Morgan fingerprint density at radius 2 is 1.65 bits per heavy atom. The Morgan fingerprint density at radius 3 is 2.25 bits per heavy atom. The summed E-state index contributed by atoms with van der Waals surface area (Å²) < 4.78 is 0. The summed E-state index contributed by atoms with van der Waals surface area (Å²) in [4.78, 5) is 26.2. The Labute approximate surface area is 121 Å². The van der Waals surface area contributed by atoms with Gasteiger partial charge in [0.05, 0.1) is 0 Å². The van der Waals surface area contributed by atoms with Crippen LogP contribution in [0.3, 0.4) is 0 Å². The van der Waals surface area contributed by atoms with Gasteiger partial charge in [-0.3, -0.25) is 9.59 Å². The number of piperidine rings is 1. The van der Waals surface area contributed by atoms with Crippen LogP contribution >= 0.6 is 0 Å². The molecule has 3 aliphatic rings. The fourth-order valence-electron chi connectivity index (χ4n) is 3.40. The number of nitrogens with one attached hydrogen (secondary N) is 1. The van der Waals surface area contributed by atoms with Crippen LogP contribution in [0.25, 0.3) is 0 Å². The molecule has 3 fully saturated rings. The minimum atomic E-state index is 0.235. The molecule has 0 aromatic carbocycles. The van der Waals surface area contributed by atoms with E-state index in [0.29, 0.717) is 17.7 Å². The van der Waals surface area contributed by atoms with Crippen molar-refractivity contribution < 1.29 is 9.59 Å². The van der Waals surface area contributed by atoms with Crippen LogP contribution in [0.5, 0.6) is 0 Å². The topological polar surface area (TPSA) is 49.4 Å². The lowest BCUT2D eigenvalue weighted by atomic mass is 9.83. The Balaban J connectivity index is 1.42. The maximum absolute atomic E-state index is 12.3. The Hall–Kier alpha value is -1.06. The summed E-state index contributed by atoms with van der Waals surface area (Å²) in [6.07, 6.45) is 8.92. The minimum absolute atomic E-state index is 0.235. The third kappa shape index (κ3) is 2.99. The molecule has 1 atom stereocenters. The zero-order valence-electron chi connectivity index (χ0n) is 12.3. The van der Waals surface area contributed by atoms with E-state index in [1.54, 1.807) is 0 Å². The molecule has 1 saturated heterocycles. The molecule has 0 unspecified atom stereocenters. The standard InChI is InChI=1S/C16H26N2O2/c19-15(13-5-1-6-13)17-10-12-4-3-9-18(11-12)16(20)14-7-2-8-14/h12-14H,1-11H2,(H,17,19)/t12-/m0/s1. The predicted molar refractivity (Wildman–Crippen MR) is 77.0 cm³/mol. The molecule has 1 N–H and O–H groups in total. The number of hydrogen-bond donors (Lipinski definition) is 1. The summed E-state index contributed by atoms with van der Waals surface area (Å²) >= 11 is 0. The van der Waals surface area contributed by atoms with Crippen molar-refractivity contribution in [1.82, 2.24) is 10.2 Å². The van der Waals surface area contributed by atoms with Crippen molar-refractivity contribution in [2.24, 2.45) is 17.8 Å². The number of nitrogens with zero attached hydrogens (tertiary/aromatic N) is 1. The molecule has 0 bridgehead atoms. The van der Waals surface area contributed by atoms with Crippen LogP contribution in [0.4, 0.5) is 0 Å². The molecule has 1 heterocycles. The predicted octanol–water partition coefficient (Wildman–Crippen LogP) is 1.94. The normalized spacial score (nSPS) is 27.6. The van der Waals surface area contributed by atoms with Gasteiger partial charge in [0, 0.05) is 31.5 Å². The minimum Gasteiger partial charge on any atom is -0.356 e. The molecule has 1 aliphatic heterocycles. The fourth-order valence-corrected chi connectivity index (χ4v) is 3.40. The van der Waals surface area contributed by atoms with Crippen LogP contribution in [0.1, 0.15) is 51.4 Å². The van der Waals surface area contributed by atoms with Gasteiger partial charge in [0.25, 0.3) is 0 Å². The van der Waals surface area contributed by atoms with E-state index in [9.17, 15) is 9.59 Å². The highest BCUT2D eigenvalue weighted by atomic mass is 16.2. The Kier molecular flexibility index (Phi) is 4.27. The highest BCUT2D eigenvalue weighted by Gasteiger charge is 2.32. The fraction of sp³-hybridized carbons (Fsp3) is 0.875. The molecule has 0 radical (unpaired) electrons. The first-order valence-electron chi connectivity index (χ1n) is 8.30. The number of rotatable bonds is 4. The second-order valence-electron chi connectivity index (χ2n) is 6.79. The lowest BCUT2D eigenvalue weighted by molar-refractivity contribution is -0.140. The van der Waals surface area contributed by atoms with E-state index in [1.807, 2.05) is 4.90 Å². The van der Waals surface area contributed by atoms with Gasteiger partial charge in [-0.25, -0.2) is 0 Å². The second-order valence-corrected chi connectivity index (χ2v) is 6.79. The molecule has 0 spiro atoms. The summed E-state index contributed by atoms with van der Waals surface area (Å²) in [5, 5.41) is 3.09. The first-order valence-corrected chi connectivity index (χ1v) is 8.30. The molecular weight excluding hydrogens is 252 g/mol. The maximum atomic E-state index is 12.3. The summed E-state index contributed by atoms with van der Waals surface area (Å²) in [7, 11) is 0. The van der Waals surface area contributed by atoms with Crippen LogP contribution in [0, 0.1) is 17.8 Å². The van der Waals surface area contributed by atoms with E-state index in [-0.39, 0.29) is 11.8 Å². The van der Waals surface area contributed by atoms with Crippen molar-refractivity contribution >= 4 is 11.8 Å². The first kappa shape index (κ1) is 13.9. The zero-order chi connectivity index (χ0) is 13.9. The van der Waals surface area contributed by atoms with Crippen molar-refractivity contribution in [3.8, 4) is 0 Å². The van der Waals surface area contributed by atoms with E-state index in [4.69, 9.17) is 0 Å². The van der Waals surface area contributed by atoms with Crippen molar-refractivity contribution in [1.29, 1.82) is 0 Å². The van der Waals surface area contributed by atoms with Crippen LogP contribution in [0.2, 0.25) is 0 Å². The highest BCUT2D eigenvalue weighted by molar-refractivity contribution is 5.80. The SMILES string of the molecule is O=C(NC[C@@H]1CCCN(C(=O)C2CCC2)C1)C1CCC1. The monoisotopic (exact) mass is 278 g/mol. The molecule has 112 valence electrons. The van der Waals surface area contributed by atoms with Crippen LogP contribution in [-0.2, 0) is 9.59 Å². The highest BCUT2D eigenvalue weighted by Crippen LogP contribution is 2.30. The lowest BCUT2D eigenvalue weighted by Crippen LogP contribution is -2.47. The number of hydrogen-bond acceptors (Lipinski definition) is 2. The maximum Gasteiger partial charge on any atom is 0.225 e. The van der Waals surface area contributed by atoms with Crippen LogP contribution in [-0.4, -0.2) is 36.3 Å². The molecule has 0 aromatic heterocycles. The number of carbonyl (C=O) groups is 2. The van der Waals surface area contributed by atoms with E-state index in [2.05, 4.69) is 5.32 Å². The molecule has 3 rings (SSSR count). The van der Waals surface area contributed by atoms with Gasteiger partial charge in [-0.05, 0) is 44.4 Å². The molecule has 4 nitrogen and oxygen atoms in total. The second kappa shape index (κ2) is 6.15. The summed E-state index contributed by atoms with van der Waals surface area (Å²) in [5.41, 5.74) is 0. The molecule has 2 aliphatic carbocycles. The summed E-state index contributed by atoms with van der Waals surface area (Å²) in [5.74, 6) is 1.63. The van der Waals surface area contributed by atoms with Crippen molar-refractivity contribution in [3.63, 3.8) is 0 Å². The van der Waals surface area contributed by atoms with Gasteiger partial charge in [-0.15, -0.1) is 0 Å². The van der Waals surface area contributed by atoms with E-state index < -0.39 is 0 Å². The average Bonchev–Trinajstić information content (AvgIpc) is 2.32. The lowest BCUT2D eigenvalue weighted by Gasteiger charge is -2.37. The van der Waals surface area contributed by atoms with Gasteiger partial charge in [-0.2, -0.15) is 0 Å². The number of carbonyl (C=O) groups excluding carboxylic acids is 2. The van der Waals surface area contributed by atoms with Gasteiger partial charge in [0.2, 0.25) is 11.8 Å². The molecule has 0 aromatic rings. The van der Waals surface area contributed by atoms with Crippen molar-refractivity contribution in [3.05, 3.63) is 0 Å². The third-order valence-corrected chi connectivity index (χ3v) is 5.33. The Morgan fingerprint density at radius 1 is 0.950 bits per heavy atom. The number of amides is 2. The first-order chi connectivity index (χ1) is 9.74. The molecular formula is C16H26N2O2. The van der Waals surface area contributed by atoms with Crippen molar-refractivity contribution in [2.45, 2.75) is 51.4 Å².